The summed E-state index contributed by atoms with van der Waals surface area (Å²) in [7, 11) is 0. The minimum Gasteiger partial charge on any atom is -0.367 e. The Bertz CT molecular complexity index is 501. The molecule has 0 bridgehead atoms. The third-order valence-corrected chi connectivity index (χ3v) is 4.74. The highest BCUT2D eigenvalue weighted by Crippen LogP contribution is 2.19. The SMILES string of the molecule is CCCNC(=O)CN1CCC(Nc2ccc(Br)c(C)n2)CC1. The van der Waals surface area contributed by atoms with Gasteiger partial charge in [-0.15, -0.1) is 0 Å². The number of hydrogen-bond acceptors (Lipinski definition) is 4. The lowest BCUT2D eigenvalue weighted by atomic mass is 10.1. The van der Waals surface area contributed by atoms with Gasteiger partial charge in [0.05, 0.1) is 12.2 Å². The summed E-state index contributed by atoms with van der Waals surface area (Å²) in [6.07, 6.45) is 3.06. The lowest BCUT2D eigenvalue weighted by Gasteiger charge is -2.32. The van der Waals surface area contributed by atoms with E-state index >= 15 is 0 Å². The number of aryl methyl sites for hydroxylation is 1. The number of amides is 1. The molecule has 122 valence electrons. The summed E-state index contributed by atoms with van der Waals surface area (Å²) in [5.41, 5.74) is 0.995. The van der Waals surface area contributed by atoms with E-state index < -0.39 is 0 Å². The van der Waals surface area contributed by atoms with Crippen LogP contribution in [0.5, 0.6) is 0 Å². The largest absolute Gasteiger partial charge is 0.367 e. The molecule has 0 aliphatic carbocycles. The predicted molar refractivity (Wildman–Crippen MR) is 93.1 cm³/mol. The van der Waals surface area contributed by atoms with Crippen molar-refractivity contribution in [1.82, 2.24) is 15.2 Å². The molecule has 2 N–H and O–H groups in total. The van der Waals surface area contributed by atoms with Crippen LogP contribution >= 0.6 is 15.9 Å². The first-order chi connectivity index (χ1) is 10.6. The highest BCUT2D eigenvalue weighted by atomic mass is 79.9. The van der Waals surface area contributed by atoms with Crippen LogP contribution in [0.15, 0.2) is 16.6 Å². The van der Waals surface area contributed by atoms with Crippen molar-refractivity contribution < 1.29 is 4.79 Å². The molecule has 22 heavy (non-hydrogen) atoms. The predicted octanol–water partition coefficient (Wildman–Crippen LogP) is 2.56. The maximum atomic E-state index is 11.7. The van der Waals surface area contributed by atoms with Crippen LogP contribution < -0.4 is 10.6 Å². The molecule has 0 atom stereocenters. The Morgan fingerprint density at radius 1 is 1.41 bits per heavy atom. The Labute approximate surface area is 141 Å². The minimum atomic E-state index is 0.137. The fraction of sp³-hybridized carbons (Fsp3) is 0.625. The summed E-state index contributed by atoms with van der Waals surface area (Å²) in [5.74, 6) is 1.07. The molecule has 1 saturated heterocycles. The van der Waals surface area contributed by atoms with Crippen LogP contribution in [-0.2, 0) is 4.79 Å². The normalized spacial score (nSPS) is 16.5. The topological polar surface area (TPSA) is 57.3 Å². The van der Waals surface area contributed by atoms with Crippen molar-refractivity contribution in [3.63, 3.8) is 0 Å². The van der Waals surface area contributed by atoms with Crippen molar-refractivity contribution in [3.8, 4) is 0 Å². The van der Waals surface area contributed by atoms with Crippen molar-refractivity contribution in [2.45, 2.75) is 39.2 Å². The van der Waals surface area contributed by atoms with E-state index in [4.69, 9.17) is 0 Å². The fourth-order valence-electron chi connectivity index (χ4n) is 2.59. The number of anilines is 1. The van der Waals surface area contributed by atoms with Crippen molar-refractivity contribution in [2.24, 2.45) is 0 Å². The van der Waals surface area contributed by atoms with E-state index in [1.165, 1.54) is 0 Å². The van der Waals surface area contributed by atoms with Gasteiger partial charge in [-0.05, 0) is 54.2 Å². The molecule has 1 fully saturated rings. The van der Waals surface area contributed by atoms with Gasteiger partial charge in [-0.2, -0.15) is 0 Å². The van der Waals surface area contributed by atoms with E-state index in [1.54, 1.807) is 0 Å². The summed E-state index contributed by atoms with van der Waals surface area (Å²) in [4.78, 5) is 18.5. The first kappa shape index (κ1) is 17.2. The quantitative estimate of drug-likeness (QED) is 0.809. The monoisotopic (exact) mass is 368 g/mol. The maximum Gasteiger partial charge on any atom is 0.234 e. The highest BCUT2D eigenvalue weighted by molar-refractivity contribution is 9.10. The smallest absolute Gasteiger partial charge is 0.234 e. The zero-order chi connectivity index (χ0) is 15.9. The van der Waals surface area contributed by atoms with Gasteiger partial charge in [0.15, 0.2) is 0 Å². The maximum absolute atomic E-state index is 11.7. The molecule has 0 aromatic carbocycles. The highest BCUT2D eigenvalue weighted by Gasteiger charge is 2.20. The summed E-state index contributed by atoms with van der Waals surface area (Å²) < 4.78 is 1.03. The van der Waals surface area contributed by atoms with Crippen LogP contribution in [0.3, 0.4) is 0 Å². The summed E-state index contributed by atoms with van der Waals surface area (Å²) in [6, 6.07) is 4.46. The van der Waals surface area contributed by atoms with Gasteiger partial charge >= 0.3 is 0 Å². The lowest BCUT2D eigenvalue weighted by molar-refractivity contribution is -0.122. The molecule has 1 aliphatic rings. The second kappa shape index (κ2) is 8.48. The second-order valence-electron chi connectivity index (χ2n) is 5.81. The third-order valence-electron chi connectivity index (χ3n) is 3.90. The minimum absolute atomic E-state index is 0.137. The van der Waals surface area contributed by atoms with Crippen molar-refractivity contribution in [2.75, 3.05) is 31.5 Å². The first-order valence-electron chi connectivity index (χ1n) is 7.97. The van der Waals surface area contributed by atoms with E-state index in [0.717, 1.165) is 54.9 Å². The molecule has 2 rings (SSSR count). The molecule has 0 saturated carbocycles. The third kappa shape index (κ3) is 5.25. The van der Waals surface area contributed by atoms with Crippen molar-refractivity contribution in [3.05, 3.63) is 22.3 Å². The van der Waals surface area contributed by atoms with Crippen LogP contribution in [0.1, 0.15) is 31.9 Å². The number of pyridine rings is 1. The van der Waals surface area contributed by atoms with E-state index in [2.05, 4.69) is 43.4 Å². The Kier molecular flexibility index (Phi) is 6.64. The lowest BCUT2D eigenvalue weighted by Crippen LogP contribution is -2.44. The number of nitrogens with zero attached hydrogens (tertiary/aromatic N) is 2. The number of nitrogens with one attached hydrogen (secondary N) is 2. The summed E-state index contributed by atoms with van der Waals surface area (Å²) in [6.45, 7) is 7.25. The van der Waals surface area contributed by atoms with Gasteiger partial charge in [0.25, 0.3) is 0 Å². The van der Waals surface area contributed by atoms with E-state index in [0.29, 0.717) is 12.6 Å². The molecule has 1 amide bonds. The molecule has 0 unspecified atom stereocenters. The Balaban J connectivity index is 1.75. The Hall–Kier alpha value is -1.14. The molecular formula is C16H25BrN4O. The average molecular weight is 369 g/mol. The Morgan fingerprint density at radius 3 is 2.77 bits per heavy atom. The summed E-state index contributed by atoms with van der Waals surface area (Å²) >= 11 is 3.47. The molecule has 0 spiro atoms. The molecule has 1 aliphatic heterocycles. The van der Waals surface area contributed by atoms with Gasteiger partial charge in [0.1, 0.15) is 5.82 Å². The zero-order valence-corrected chi connectivity index (χ0v) is 14.9. The molecule has 1 aromatic heterocycles. The summed E-state index contributed by atoms with van der Waals surface area (Å²) in [5, 5.41) is 6.43. The molecule has 5 nitrogen and oxygen atoms in total. The molecule has 2 heterocycles. The second-order valence-corrected chi connectivity index (χ2v) is 6.66. The van der Waals surface area contributed by atoms with Crippen molar-refractivity contribution in [1.29, 1.82) is 0 Å². The molecular weight excluding hydrogens is 344 g/mol. The van der Waals surface area contributed by atoms with E-state index in [1.807, 2.05) is 19.1 Å². The molecule has 0 radical (unpaired) electrons. The first-order valence-corrected chi connectivity index (χ1v) is 8.76. The van der Waals surface area contributed by atoms with Gasteiger partial charge in [0, 0.05) is 30.1 Å². The number of rotatable bonds is 6. The van der Waals surface area contributed by atoms with Gasteiger partial charge in [0.2, 0.25) is 5.91 Å². The van der Waals surface area contributed by atoms with Crippen LogP contribution in [-0.4, -0.2) is 48.0 Å². The number of carbonyl (C=O) groups excluding carboxylic acids is 1. The Morgan fingerprint density at radius 2 is 2.14 bits per heavy atom. The van der Waals surface area contributed by atoms with Gasteiger partial charge in [-0.3, -0.25) is 9.69 Å². The standard InChI is InChI=1S/C16H25BrN4O/c1-3-8-18-16(22)11-21-9-6-13(7-10-21)20-15-5-4-14(17)12(2)19-15/h4-5,13H,3,6-11H2,1-2H3,(H,18,22)(H,19,20). The number of piperidine rings is 1. The number of halogens is 1. The number of hydrogen-bond donors (Lipinski definition) is 2. The molecule has 6 heteroatoms. The number of carbonyl (C=O) groups is 1. The van der Waals surface area contributed by atoms with Gasteiger partial charge in [-0.25, -0.2) is 4.98 Å². The van der Waals surface area contributed by atoms with Crippen LogP contribution in [0.2, 0.25) is 0 Å². The van der Waals surface area contributed by atoms with Gasteiger partial charge in [-0.1, -0.05) is 6.92 Å². The zero-order valence-electron chi connectivity index (χ0n) is 13.4. The van der Waals surface area contributed by atoms with E-state index in [9.17, 15) is 4.79 Å². The van der Waals surface area contributed by atoms with Crippen LogP contribution in [0.4, 0.5) is 5.82 Å². The number of aromatic nitrogens is 1. The fourth-order valence-corrected chi connectivity index (χ4v) is 2.81. The number of likely N-dealkylation sites (tertiary alicyclic amines) is 1. The van der Waals surface area contributed by atoms with Crippen LogP contribution in [0, 0.1) is 6.92 Å². The van der Waals surface area contributed by atoms with Crippen molar-refractivity contribution >= 4 is 27.7 Å². The molecule has 1 aromatic rings. The van der Waals surface area contributed by atoms with E-state index in [-0.39, 0.29) is 5.91 Å². The van der Waals surface area contributed by atoms with Gasteiger partial charge < -0.3 is 10.6 Å². The van der Waals surface area contributed by atoms with Crippen LogP contribution in [0.25, 0.3) is 0 Å². The average Bonchev–Trinajstić information content (AvgIpc) is 2.51.